The summed E-state index contributed by atoms with van der Waals surface area (Å²) in [5, 5.41) is 3.18. The van der Waals surface area contributed by atoms with Crippen molar-refractivity contribution >= 4 is 23.5 Å². The number of nitrogens with one attached hydrogen (secondary N) is 1. The highest BCUT2D eigenvalue weighted by atomic mass is 16.2. The first kappa shape index (κ1) is 22.9. The molecule has 0 aliphatic rings. The fourth-order valence-corrected chi connectivity index (χ4v) is 3.51. The van der Waals surface area contributed by atoms with Crippen molar-refractivity contribution in [3.63, 3.8) is 0 Å². The summed E-state index contributed by atoms with van der Waals surface area (Å²) >= 11 is 0. The predicted molar refractivity (Wildman–Crippen MR) is 127 cm³/mol. The smallest absolute Gasteiger partial charge is 0.253 e. The van der Waals surface area contributed by atoms with Crippen molar-refractivity contribution in [2.75, 3.05) is 18.4 Å². The fourth-order valence-electron chi connectivity index (χ4n) is 3.51. The third-order valence-corrected chi connectivity index (χ3v) is 5.37. The number of carbonyl (C=O) groups excluding carboxylic acids is 2. The molecule has 1 heterocycles. The summed E-state index contributed by atoms with van der Waals surface area (Å²) in [6.07, 6.45) is 3.71. The first-order valence-electron chi connectivity index (χ1n) is 10.8. The summed E-state index contributed by atoms with van der Waals surface area (Å²) in [5.74, 6) is -0.0122. The number of carbonyl (C=O) groups is 2. The standard InChI is InChI=1S/C25H29N5O2/c1-4-6-16-30(5-2)24(32)18-10-12-19(13-11-18)28-25-27-15-14-22(29-25)20-8-7-9-21(17(20)3)23(26)31/h7-15H,4-6,16H2,1-3H3,(H2,26,31)(H,27,28,29). The molecular weight excluding hydrogens is 402 g/mol. The molecule has 0 saturated carbocycles. The SMILES string of the molecule is CCCCN(CC)C(=O)c1ccc(Nc2nccc(-c3cccc(C(N)=O)c3C)n2)cc1. The third kappa shape index (κ3) is 5.29. The Morgan fingerprint density at radius 1 is 1.06 bits per heavy atom. The Balaban J connectivity index is 1.77. The minimum absolute atomic E-state index is 0.0376. The minimum Gasteiger partial charge on any atom is -0.366 e. The zero-order chi connectivity index (χ0) is 23.1. The summed E-state index contributed by atoms with van der Waals surface area (Å²) in [5.41, 5.74) is 9.64. The summed E-state index contributed by atoms with van der Waals surface area (Å²) in [6, 6.07) is 14.5. The molecule has 0 fully saturated rings. The quantitative estimate of drug-likeness (QED) is 0.517. The highest BCUT2D eigenvalue weighted by Crippen LogP contribution is 2.25. The Bertz CT molecular complexity index is 1100. The van der Waals surface area contributed by atoms with E-state index in [-0.39, 0.29) is 5.91 Å². The van der Waals surface area contributed by atoms with E-state index >= 15 is 0 Å². The van der Waals surface area contributed by atoms with Crippen LogP contribution in [0.15, 0.2) is 54.7 Å². The molecule has 3 rings (SSSR count). The molecule has 0 aliphatic heterocycles. The van der Waals surface area contributed by atoms with E-state index in [1.165, 1.54) is 0 Å². The third-order valence-electron chi connectivity index (χ3n) is 5.37. The van der Waals surface area contributed by atoms with E-state index in [1.54, 1.807) is 24.4 Å². The van der Waals surface area contributed by atoms with Gasteiger partial charge in [0.05, 0.1) is 5.69 Å². The van der Waals surface area contributed by atoms with Crippen LogP contribution in [-0.4, -0.2) is 39.8 Å². The molecule has 0 radical (unpaired) electrons. The highest BCUT2D eigenvalue weighted by molar-refractivity contribution is 5.96. The Labute approximate surface area is 188 Å². The lowest BCUT2D eigenvalue weighted by atomic mass is 9.99. The van der Waals surface area contributed by atoms with Crippen LogP contribution in [0.3, 0.4) is 0 Å². The molecular formula is C25H29N5O2. The maximum Gasteiger partial charge on any atom is 0.253 e. The number of anilines is 2. The molecule has 0 bridgehead atoms. The van der Waals surface area contributed by atoms with Crippen LogP contribution in [0.4, 0.5) is 11.6 Å². The molecule has 1 aromatic heterocycles. The average Bonchev–Trinajstić information content (AvgIpc) is 2.80. The molecule has 0 atom stereocenters. The van der Waals surface area contributed by atoms with Crippen molar-refractivity contribution in [3.8, 4) is 11.3 Å². The number of nitrogens with zero attached hydrogens (tertiary/aromatic N) is 3. The number of aromatic nitrogens is 2. The second-order valence-corrected chi connectivity index (χ2v) is 7.55. The van der Waals surface area contributed by atoms with Gasteiger partial charge in [-0.15, -0.1) is 0 Å². The molecule has 3 N–H and O–H groups in total. The fraction of sp³-hybridized carbons (Fsp3) is 0.280. The van der Waals surface area contributed by atoms with Gasteiger partial charge in [-0.1, -0.05) is 25.5 Å². The van der Waals surface area contributed by atoms with Gasteiger partial charge in [-0.05, 0) is 62.2 Å². The second-order valence-electron chi connectivity index (χ2n) is 7.55. The molecule has 0 spiro atoms. The van der Waals surface area contributed by atoms with E-state index in [0.717, 1.165) is 36.2 Å². The summed E-state index contributed by atoms with van der Waals surface area (Å²) in [6.45, 7) is 7.42. The van der Waals surface area contributed by atoms with Crippen LogP contribution in [0.2, 0.25) is 0 Å². The van der Waals surface area contributed by atoms with E-state index in [0.29, 0.717) is 29.3 Å². The van der Waals surface area contributed by atoms with Crippen LogP contribution in [0, 0.1) is 6.92 Å². The highest BCUT2D eigenvalue weighted by Gasteiger charge is 2.14. The van der Waals surface area contributed by atoms with Crippen molar-refractivity contribution in [2.24, 2.45) is 5.73 Å². The summed E-state index contributed by atoms with van der Waals surface area (Å²) in [7, 11) is 0. The Hall–Kier alpha value is -3.74. The molecule has 166 valence electrons. The van der Waals surface area contributed by atoms with Crippen molar-refractivity contribution in [1.82, 2.24) is 14.9 Å². The average molecular weight is 432 g/mol. The van der Waals surface area contributed by atoms with Crippen LogP contribution in [0.5, 0.6) is 0 Å². The van der Waals surface area contributed by atoms with Crippen LogP contribution in [0.25, 0.3) is 11.3 Å². The lowest BCUT2D eigenvalue weighted by molar-refractivity contribution is 0.0762. The van der Waals surface area contributed by atoms with Crippen molar-refractivity contribution < 1.29 is 9.59 Å². The zero-order valence-corrected chi connectivity index (χ0v) is 18.8. The van der Waals surface area contributed by atoms with Gasteiger partial charge in [0.1, 0.15) is 0 Å². The number of amides is 2. The van der Waals surface area contributed by atoms with Crippen LogP contribution in [-0.2, 0) is 0 Å². The maximum absolute atomic E-state index is 12.7. The Kier molecular flexibility index (Phi) is 7.54. The molecule has 7 heteroatoms. The monoisotopic (exact) mass is 431 g/mol. The number of nitrogens with two attached hydrogens (primary N) is 1. The number of primary amides is 1. The van der Waals surface area contributed by atoms with Gasteiger partial charge in [0.25, 0.3) is 5.91 Å². The van der Waals surface area contributed by atoms with E-state index in [4.69, 9.17) is 5.73 Å². The van der Waals surface area contributed by atoms with E-state index in [9.17, 15) is 9.59 Å². The number of rotatable bonds is 9. The van der Waals surface area contributed by atoms with Crippen molar-refractivity contribution in [2.45, 2.75) is 33.6 Å². The van der Waals surface area contributed by atoms with Gasteiger partial charge in [-0.3, -0.25) is 9.59 Å². The topological polar surface area (TPSA) is 101 Å². The first-order valence-corrected chi connectivity index (χ1v) is 10.8. The van der Waals surface area contributed by atoms with Gasteiger partial charge in [0, 0.05) is 41.7 Å². The van der Waals surface area contributed by atoms with E-state index in [1.807, 2.05) is 49.1 Å². The van der Waals surface area contributed by atoms with E-state index in [2.05, 4.69) is 22.2 Å². The zero-order valence-electron chi connectivity index (χ0n) is 18.8. The first-order chi connectivity index (χ1) is 15.4. The van der Waals surface area contributed by atoms with Crippen LogP contribution in [0.1, 0.15) is 53.0 Å². The van der Waals surface area contributed by atoms with Gasteiger partial charge < -0.3 is 16.0 Å². The Morgan fingerprint density at radius 3 is 2.47 bits per heavy atom. The van der Waals surface area contributed by atoms with E-state index < -0.39 is 5.91 Å². The Morgan fingerprint density at radius 2 is 1.81 bits per heavy atom. The van der Waals surface area contributed by atoms with Gasteiger partial charge in [0.2, 0.25) is 11.9 Å². The van der Waals surface area contributed by atoms with Gasteiger partial charge in [0.15, 0.2) is 0 Å². The molecule has 2 aromatic carbocycles. The minimum atomic E-state index is -0.470. The normalized spacial score (nSPS) is 10.6. The predicted octanol–water partition coefficient (Wildman–Crippen LogP) is 4.56. The summed E-state index contributed by atoms with van der Waals surface area (Å²) < 4.78 is 0. The molecule has 2 amide bonds. The van der Waals surface area contributed by atoms with Crippen LogP contribution < -0.4 is 11.1 Å². The maximum atomic E-state index is 12.7. The van der Waals surface area contributed by atoms with Crippen molar-refractivity contribution in [1.29, 1.82) is 0 Å². The molecule has 32 heavy (non-hydrogen) atoms. The van der Waals surface area contributed by atoms with Gasteiger partial charge in [-0.2, -0.15) is 0 Å². The number of benzene rings is 2. The molecule has 0 aliphatic carbocycles. The molecule has 0 unspecified atom stereocenters. The van der Waals surface area contributed by atoms with Crippen LogP contribution >= 0.6 is 0 Å². The number of hydrogen-bond donors (Lipinski definition) is 2. The summed E-state index contributed by atoms with van der Waals surface area (Å²) in [4.78, 5) is 35.1. The molecule has 3 aromatic rings. The number of hydrogen-bond acceptors (Lipinski definition) is 5. The lowest BCUT2D eigenvalue weighted by Crippen LogP contribution is -2.31. The van der Waals surface area contributed by atoms with Gasteiger partial charge in [-0.25, -0.2) is 9.97 Å². The number of unbranched alkanes of at least 4 members (excludes halogenated alkanes) is 1. The second kappa shape index (κ2) is 10.5. The van der Waals surface area contributed by atoms with Gasteiger partial charge >= 0.3 is 0 Å². The van der Waals surface area contributed by atoms with Crippen molar-refractivity contribution in [3.05, 3.63) is 71.4 Å². The lowest BCUT2D eigenvalue weighted by Gasteiger charge is -2.20. The largest absolute Gasteiger partial charge is 0.366 e. The molecule has 7 nitrogen and oxygen atoms in total. The molecule has 0 saturated heterocycles.